The molecule has 0 amide bonds. The average molecular weight is 314 g/mol. The van der Waals surface area contributed by atoms with E-state index in [1.807, 2.05) is 24.4 Å². The van der Waals surface area contributed by atoms with Crippen molar-refractivity contribution < 1.29 is 4.74 Å². The molecule has 24 heavy (non-hydrogen) atoms. The van der Waals surface area contributed by atoms with Gasteiger partial charge in [0.1, 0.15) is 11.4 Å². The molecule has 0 radical (unpaired) electrons. The van der Waals surface area contributed by atoms with Gasteiger partial charge in [-0.15, -0.1) is 0 Å². The Balaban J connectivity index is 1.68. The molecule has 118 valence electrons. The van der Waals surface area contributed by atoms with Crippen LogP contribution in [-0.4, -0.2) is 16.5 Å². The lowest BCUT2D eigenvalue weighted by molar-refractivity contribution is 0.415. The maximum Gasteiger partial charge on any atom is 0.140 e. The summed E-state index contributed by atoms with van der Waals surface area (Å²) in [4.78, 5) is 4.75. The van der Waals surface area contributed by atoms with E-state index in [2.05, 4.69) is 60.0 Å². The first kappa shape index (κ1) is 14.5. The zero-order valence-electron chi connectivity index (χ0n) is 13.7. The molecule has 0 fully saturated rings. The number of methoxy groups -OCH3 is 1. The second kappa shape index (κ2) is 5.85. The fourth-order valence-corrected chi connectivity index (χ4v) is 2.91. The van der Waals surface area contributed by atoms with Crippen molar-refractivity contribution >= 4 is 5.65 Å². The van der Waals surface area contributed by atoms with Crippen LogP contribution in [0, 0.1) is 6.92 Å². The van der Waals surface area contributed by atoms with Crippen LogP contribution in [0.4, 0.5) is 0 Å². The summed E-state index contributed by atoms with van der Waals surface area (Å²) in [6.07, 6.45) is 4.11. The minimum Gasteiger partial charge on any atom is -0.497 e. The normalized spacial score (nSPS) is 10.9. The van der Waals surface area contributed by atoms with Gasteiger partial charge in [-0.25, -0.2) is 4.98 Å². The molecular formula is C21H18N2O. The Hall–Kier alpha value is -3.07. The third-order valence-corrected chi connectivity index (χ3v) is 4.28. The van der Waals surface area contributed by atoms with Gasteiger partial charge >= 0.3 is 0 Å². The predicted molar refractivity (Wildman–Crippen MR) is 97.4 cm³/mol. The summed E-state index contributed by atoms with van der Waals surface area (Å²) in [7, 11) is 1.68. The third-order valence-electron chi connectivity index (χ3n) is 4.28. The first-order valence-electron chi connectivity index (χ1n) is 7.94. The van der Waals surface area contributed by atoms with Crippen molar-refractivity contribution in [3.8, 4) is 28.1 Å². The van der Waals surface area contributed by atoms with E-state index in [1.54, 1.807) is 7.11 Å². The molecular weight excluding hydrogens is 296 g/mol. The molecule has 2 aromatic heterocycles. The van der Waals surface area contributed by atoms with Crippen molar-refractivity contribution in [2.45, 2.75) is 6.92 Å². The Morgan fingerprint density at radius 3 is 2.08 bits per heavy atom. The van der Waals surface area contributed by atoms with Crippen LogP contribution >= 0.6 is 0 Å². The largest absolute Gasteiger partial charge is 0.497 e. The smallest absolute Gasteiger partial charge is 0.140 e. The summed E-state index contributed by atoms with van der Waals surface area (Å²) in [5, 5.41) is 0. The fourth-order valence-electron chi connectivity index (χ4n) is 2.91. The molecule has 2 heterocycles. The summed E-state index contributed by atoms with van der Waals surface area (Å²) in [6.45, 7) is 2.08. The SMILES string of the molecule is COc1ccc(-c2ccc(-c3cn4cccc(C)c4n3)cc2)cc1. The van der Waals surface area contributed by atoms with Crippen LogP contribution in [0.3, 0.4) is 0 Å². The van der Waals surface area contributed by atoms with Gasteiger partial charge in [0.05, 0.1) is 12.8 Å². The van der Waals surface area contributed by atoms with Crippen molar-refractivity contribution in [3.05, 3.63) is 78.6 Å². The molecule has 0 spiro atoms. The molecule has 2 aromatic carbocycles. The fraction of sp³-hybridized carbons (Fsp3) is 0.0952. The van der Waals surface area contributed by atoms with E-state index in [9.17, 15) is 0 Å². The molecule has 0 unspecified atom stereocenters. The summed E-state index contributed by atoms with van der Waals surface area (Å²) in [5.41, 5.74) is 6.65. The van der Waals surface area contributed by atoms with Crippen LogP contribution in [0.15, 0.2) is 73.1 Å². The summed E-state index contributed by atoms with van der Waals surface area (Å²) in [5.74, 6) is 0.871. The van der Waals surface area contributed by atoms with E-state index in [-0.39, 0.29) is 0 Å². The number of rotatable bonds is 3. The van der Waals surface area contributed by atoms with Crippen molar-refractivity contribution in [3.63, 3.8) is 0 Å². The minimum atomic E-state index is 0.871. The number of benzene rings is 2. The number of pyridine rings is 1. The molecule has 0 aliphatic heterocycles. The van der Waals surface area contributed by atoms with Crippen LogP contribution in [0.5, 0.6) is 5.75 Å². The lowest BCUT2D eigenvalue weighted by Gasteiger charge is -2.04. The highest BCUT2D eigenvalue weighted by atomic mass is 16.5. The quantitative estimate of drug-likeness (QED) is 0.533. The summed E-state index contributed by atoms with van der Waals surface area (Å²) in [6, 6.07) is 20.7. The summed E-state index contributed by atoms with van der Waals surface area (Å²) < 4.78 is 7.28. The lowest BCUT2D eigenvalue weighted by Crippen LogP contribution is -1.84. The third kappa shape index (κ3) is 2.54. The second-order valence-corrected chi connectivity index (χ2v) is 5.85. The standard InChI is InChI=1S/C21H18N2O/c1-15-4-3-13-23-14-20(22-21(15)23)18-7-5-16(6-8-18)17-9-11-19(24-2)12-10-17/h3-14H,1-2H3. The Kier molecular flexibility index (Phi) is 3.54. The van der Waals surface area contributed by atoms with Crippen molar-refractivity contribution in [1.29, 1.82) is 0 Å². The number of ether oxygens (including phenoxy) is 1. The van der Waals surface area contributed by atoms with E-state index < -0.39 is 0 Å². The molecule has 4 aromatic rings. The van der Waals surface area contributed by atoms with Crippen molar-refractivity contribution in [2.75, 3.05) is 7.11 Å². The van der Waals surface area contributed by atoms with Gasteiger partial charge in [0.15, 0.2) is 0 Å². The molecule has 3 heteroatoms. The van der Waals surface area contributed by atoms with Gasteiger partial charge in [0, 0.05) is 18.0 Å². The van der Waals surface area contributed by atoms with Crippen LogP contribution in [0.1, 0.15) is 5.56 Å². The Morgan fingerprint density at radius 1 is 0.833 bits per heavy atom. The Labute approximate surface area is 141 Å². The highest BCUT2D eigenvalue weighted by Crippen LogP contribution is 2.26. The Morgan fingerprint density at radius 2 is 1.46 bits per heavy atom. The maximum atomic E-state index is 5.21. The maximum absolute atomic E-state index is 5.21. The molecule has 0 atom stereocenters. The summed E-state index contributed by atoms with van der Waals surface area (Å²) >= 11 is 0. The molecule has 0 saturated heterocycles. The van der Waals surface area contributed by atoms with Gasteiger partial charge in [-0.3, -0.25) is 0 Å². The second-order valence-electron chi connectivity index (χ2n) is 5.85. The van der Waals surface area contributed by atoms with E-state index in [4.69, 9.17) is 9.72 Å². The van der Waals surface area contributed by atoms with E-state index in [1.165, 1.54) is 16.7 Å². The Bertz CT molecular complexity index is 983. The highest BCUT2D eigenvalue weighted by Gasteiger charge is 2.06. The molecule has 0 aliphatic rings. The van der Waals surface area contributed by atoms with Crippen LogP contribution < -0.4 is 4.74 Å². The van der Waals surface area contributed by atoms with Gasteiger partial charge in [-0.05, 0) is 41.8 Å². The zero-order chi connectivity index (χ0) is 16.5. The number of fused-ring (bicyclic) bond motifs is 1. The van der Waals surface area contributed by atoms with Crippen LogP contribution in [0.2, 0.25) is 0 Å². The number of imidazole rings is 1. The van der Waals surface area contributed by atoms with Gasteiger partial charge in [-0.2, -0.15) is 0 Å². The number of aryl methyl sites for hydroxylation is 1. The monoisotopic (exact) mass is 314 g/mol. The molecule has 0 bridgehead atoms. The van der Waals surface area contributed by atoms with E-state index in [0.717, 1.165) is 22.7 Å². The molecule has 0 N–H and O–H groups in total. The van der Waals surface area contributed by atoms with E-state index in [0.29, 0.717) is 0 Å². The number of aromatic nitrogens is 2. The highest BCUT2D eigenvalue weighted by molar-refractivity contribution is 5.70. The molecule has 4 rings (SSSR count). The first-order valence-corrected chi connectivity index (χ1v) is 7.94. The van der Waals surface area contributed by atoms with Gasteiger partial charge in [0.25, 0.3) is 0 Å². The van der Waals surface area contributed by atoms with Gasteiger partial charge in [-0.1, -0.05) is 42.5 Å². The predicted octanol–water partition coefficient (Wildman–Crippen LogP) is 4.99. The van der Waals surface area contributed by atoms with Crippen molar-refractivity contribution in [1.82, 2.24) is 9.38 Å². The molecule has 3 nitrogen and oxygen atoms in total. The zero-order valence-corrected chi connectivity index (χ0v) is 13.7. The number of nitrogens with zero attached hydrogens (tertiary/aromatic N) is 2. The lowest BCUT2D eigenvalue weighted by atomic mass is 10.0. The topological polar surface area (TPSA) is 26.5 Å². The molecule has 0 saturated carbocycles. The number of hydrogen-bond acceptors (Lipinski definition) is 2. The molecule has 0 aliphatic carbocycles. The van der Waals surface area contributed by atoms with Gasteiger partial charge < -0.3 is 9.14 Å². The van der Waals surface area contributed by atoms with Crippen molar-refractivity contribution in [2.24, 2.45) is 0 Å². The van der Waals surface area contributed by atoms with Gasteiger partial charge in [0.2, 0.25) is 0 Å². The van der Waals surface area contributed by atoms with Crippen LogP contribution in [-0.2, 0) is 0 Å². The van der Waals surface area contributed by atoms with E-state index >= 15 is 0 Å². The first-order chi connectivity index (χ1) is 11.7. The number of hydrogen-bond donors (Lipinski definition) is 0. The van der Waals surface area contributed by atoms with Crippen LogP contribution in [0.25, 0.3) is 28.0 Å². The minimum absolute atomic E-state index is 0.871. The average Bonchev–Trinajstić information content (AvgIpc) is 3.08.